The van der Waals surface area contributed by atoms with Gasteiger partial charge in [0.25, 0.3) is 0 Å². The van der Waals surface area contributed by atoms with Crippen LogP contribution in [0, 0.1) is 11.3 Å². The van der Waals surface area contributed by atoms with Gasteiger partial charge >= 0.3 is 5.97 Å². The van der Waals surface area contributed by atoms with Crippen molar-refractivity contribution in [3.05, 3.63) is 0 Å². The third-order valence-corrected chi connectivity index (χ3v) is 3.99. The van der Waals surface area contributed by atoms with Crippen molar-refractivity contribution in [3.63, 3.8) is 0 Å². The summed E-state index contributed by atoms with van der Waals surface area (Å²) in [5.41, 5.74) is 5.23. The van der Waals surface area contributed by atoms with E-state index in [0.717, 1.165) is 32.1 Å². The SMILES string of the molecule is CC(C)C[C@@H](NC(=O)C1(CN)CCCCC1)C(=O)O. The van der Waals surface area contributed by atoms with E-state index in [4.69, 9.17) is 5.73 Å². The van der Waals surface area contributed by atoms with Crippen LogP contribution in [0.2, 0.25) is 0 Å². The highest BCUT2D eigenvalue weighted by Crippen LogP contribution is 2.35. The monoisotopic (exact) mass is 270 g/mol. The topological polar surface area (TPSA) is 92.4 Å². The summed E-state index contributed by atoms with van der Waals surface area (Å²) >= 11 is 0. The standard InChI is InChI=1S/C14H26N2O3/c1-10(2)8-11(12(17)18)16-13(19)14(9-15)6-4-3-5-7-14/h10-11H,3-9,15H2,1-2H3,(H,16,19)(H,17,18)/t11-/m1/s1. The molecule has 0 spiro atoms. The Labute approximate surface area is 114 Å². The van der Waals surface area contributed by atoms with Crippen LogP contribution in [0.4, 0.5) is 0 Å². The van der Waals surface area contributed by atoms with E-state index >= 15 is 0 Å². The highest BCUT2D eigenvalue weighted by molar-refractivity contribution is 5.87. The maximum absolute atomic E-state index is 12.4. The maximum Gasteiger partial charge on any atom is 0.326 e. The Balaban J connectivity index is 2.71. The Morgan fingerprint density at radius 3 is 2.26 bits per heavy atom. The molecule has 0 heterocycles. The molecular weight excluding hydrogens is 244 g/mol. The minimum atomic E-state index is -0.968. The first-order chi connectivity index (χ1) is 8.91. The number of nitrogens with one attached hydrogen (secondary N) is 1. The molecule has 4 N–H and O–H groups in total. The van der Waals surface area contributed by atoms with Gasteiger partial charge in [0.05, 0.1) is 5.41 Å². The van der Waals surface area contributed by atoms with Gasteiger partial charge in [0.1, 0.15) is 6.04 Å². The van der Waals surface area contributed by atoms with E-state index in [0.29, 0.717) is 13.0 Å². The first-order valence-corrected chi connectivity index (χ1v) is 7.15. The molecule has 0 aromatic rings. The fourth-order valence-corrected chi connectivity index (χ4v) is 2.76. The van der Waals surface area contributed by atoms with E-state index < -0.39 is 17.4 Å². The van der Waals surface area contributed by atoms with Crippen molar-refractivity contribution >= 4 is 11.9 Å². The lowest BCUT2D eigenvalue weighted by Gasteiger charge is -2.35. The molecule has 1 saturated carbocycles. The fourth-order valence-electron chi connectivity index (χ4n) is 2.76. The quantitative estimate of drug-likeness (QED) is 0.682. The van der Waals surface area contributed by atoms with Crippen molar-refractivity contribution in [3.8, 4) is 0 Å². The largest absolute Gasteiger partial charge is 0.480 e. The summed E-state index contributed by atoms with van der Waals surface area (Å²) < 4.78 is 0. The number of aliphatic carboxylic acids is 1. The van der Waals surface area contributed by atoms with Crippen molar-refractivity contribution in [1.29, 1.82) is 0 Å². The minimum absolute atomic E-state index is 0.178. The van der Waals surface area contributed by atoms with Gasteiger partial charge in [-0.05, 0) is 25.2 Å². The molecule has 1 amide bonds. The summed E-state index contributed by atoms with van der Waals surface area (Å²) in [6, 6.07) is -0.808. The molecule has 0 saturated heterocycles. The van der Waals surface area contributed by atoms with Crippen LogP contribution in [0.5, 0.6) is 0 Å². The van der Waals surface area contributed by atoms with Gasteiger partial charge in [0, 0.05) is 6.54 Å². The lowest BCUT2D eigenvalue weighted by atomic mass is 9.73. The number of nitrogens with two attached hydrogens (primary N) is 1. The average Bonchev–Trinajstić information content (AvgIpc) is 2.38. The lowest BCUT2D eigenvalue weighted by molar-refractivity contribution is -0.144. The molecule has 0 unspecified atom stereocenters. The van der Waals surface area contributed by atoms with Gasteiger partial charge in [0.15, 0.2) is 0 Å². The Morgan fingerprint density at radius 2 is 1.84 bits per heavy atom. The molecule has 0 aromatic heterocycles. The molecule has 19 heavy (non-hydrogen) atoms. The number of amides is 1. The Morgan fingerprint density at radius 1 is 1.26 bits per heavy atom. The average molecular weight is 270 g/mol. The van der Waals surface area contributed by atoms with Crippen LogP contribution in [0.25, 0.3) is 0 Å². The van der Waals surface area contributed by atoms with Crippen molar-refractivity contribution < 1.29 is 14.7 Å². The molecule has 1 rings (SSSR count). The predicted molar refractivity (Wildman–Crippen MR) is 73.6 cm³/mol. The zero-order valence-electron chi connectivity index (χ0n) is 11.9. The number of carbonyl (C=O) groups is 2. The molecule has 1 fully saturated rings. The molecule has 0 bridgehead atoms. The second-order valence-corrected chi connectivity index (χ2v) is 6.04. The van der Waals surface area contributed by atoms with Crippen molar-refractivity contribution in [2.75, 3.05) is 6.54 Å². The third kappa shape index (κ3) is 4.20. The van der Waals surface area contributed by atoms with Crippen LogP contribution in [-0.4, -0.2) is 29.6 Å². The predicted octanol–water partition coefficient (Wildman–Crippen LogP) is 1.51. The molecular formula is C14H26N2O3. The minimum Gasteiger partial charge on any atom is -0.480 e. The van der Waals surface area contributed by atoms with Gasteiger partial charge in [-0.15, -0.1) is 0 Å². The molecule has 0 radical (unpaired) electrons. The van der Waals surface area contributed by atoms with E-state index in [1.807, 2.05) is 13.8 Å². The summed E-state index contributed by atoms with van der Waals surface area (Å²) in [5, 5.41) is 11.9. The number of rotatable bonds is 6. The van der Waals surface area contributed by atoms with Gasteiger partial charge < -0.3 is 16.2 Å². The first-order valence-electron chi connectivity index (χ1n) is 7.15. The van der Waals surface area contributed by atoms with E-state index in [1.54, 1.807) is 0 Å². The molecule has 5 nitrogen and oxygen atoms in total. The number of hydrogen-bond donors (Lipinski definition) is 3. The van der Waals surface area contributed by atoms with Gasteiger partial charge in [-0.2, -0.15) is 0 Å². The van der Waals surface area contributed by atoms with Crippen LogP contribution in [0.1, 0.15) is 52.4 Å². The summed E-state index contributed by atoms with van der Waals surface area (Å²) in [5.74, 6) is -0.922. The number of carboxylic acid groups (broad SMARTS) is 1. The number of hydrogen-bond acceptors (Lipinski definition) is 3. The fraction of sp³-hybridized carbons (Fsp3) is 0.857. The molecule has 1 aliphatic carbocycles. The van der Waals surface area contributed by atoms with E-state index in [9.17, 15) is 14.7 Å². The molecule has 0 aliphatic heterocycles. The first kappa shape index (κ1) is 16.0. The lowest BCUT2D eigenvalue weighted by Crippen LogP contribution is -2.52. The zero-order valence-corrected chi connectivity index (χ0v) is 11.9. The van der Waals surface area contributed by atoms with E-state index in [2.05, 4.69) is 5.32 Å². The molecule has 1 atom stereocenters. The molecule has 5 heteroatoms. The van der Waals surface area contributed by atoms with Crippen LogP contribution in [-0.2, 0) is 9.59 Å². The summed E-state index contributed by atoms with van der Waals surface area (Å²) in [7, 11) is 0. The molecule has 110 valence electrons. The number of carbonyl (C=O) groups excluding carboxylic acids is 1. The summed E-state index contributed by atoms with van der Waals surface area (Å²) in [6.07, 6.45) is 5.09. The van der Waals surface area contributed by atoms with E-state index in [1.165, 1.54) is 0 Å². The zero-order chi connectivity index (χ0) is 14.5. The number of carboxylic acids is 1. The maximum atomic E-state index is 12.4. The van der Waals surface area contributed by atoms with Crippen molar-refractivity contribution in [2.45, 2.75) is 58.4 Å². The van der Waals surface area contributed by atoms with Crippen LogP contribution >= 0.6 is 0 Å². The van der Waals surface area contributed by atoms with Gasteiger partial charge in [0.2, 0.25) is 5.91 Å². The van der Waals surface area contributed by atoms with E-state index in [-0.39, 0.29) is 11.8 Å². The second kappa shape index (κ2) is 6.89. The normalized spacial score (nSPS) is 20.0. The van der Waals surface area contributed by atoms with Crippen LogP contribution in [0.3, 0.4) is 0 Å². The summed E-state index contributed by atoms with van der Waals surface area (Å²) in [6.45, 7) is 4.19. The van der Waals surface area contributed by atoms with Gasteiger partial charge in [-0.25, -0.2) is 4.79 Å². The van der Waals surface area contributed by atoms with Gasteiger partial charge in [-0.1, -0.05) is 33.1 Å². The van der Waals surface area contributed by atoms with Crippen LogP contribution in [0.15, 0.2) is 0 Å². The Kier molecular flexibility index (Phi) is 5.79. The highest BCUT2D eigenvalue weighted by Gasteiger charge is 2.39. The Hall–Kier alpha value is -1.10. The van der Waals surface area contributed by atoms with Crippen molar-refractivity contribution in [1.82, 2.24) is 5.32 Å². The Bertz CT molecular complexity index is 323. The highest BCUT2D eigenvalue weighted by atomic mass is 16.4. The van der Waals surface area contributed by atoms with Crippen molar-refractivity contribution in [2.24, 2.45) is 17.1 Å². The van der Waals surface area contributed by atoms with Crippen LogP contribution < -0.4 is 11.1 Å². The summed E-state index contributed by atoms with van der Waals surface area (Å²) in [4.78, 5) is 23.6. The smallest absolute Gasteiger partial charge is 0.326 e. The third-order valence-electron chi connectivity index (χ3n) is 3.99. The second-order valence-electron chi connectivity index (χ2n) is 6.04. The van der Waals surface area contributed by atoms with Gasteiger partial charge in [-0.3, -0.25) is 4.79 Å². The molecule has 1 aliphatic rings. The molecule has 0 aromatic carbocycles.